The highest BCUT2D eigenvalue weighted by atomic mass is 32.2. The molecule has 0 aliphatic heterocycles. The first-order chi connectivity index (χ1) is 8.13. The van der Waals surface area contributed by atoms with Crippen molar-refractivity contribution in [3.8, 4) is 0 Å². The molecule has 17 heavy (non-hydrogen) atoms. The number of thioether (sulfide) groups is 1. The number of hydrogen-bond donors (Lipinski definition) is 1. The van der Waals surface area contributed by atoms with Crippen LogP contribution in [0.5, 0.6) is 0 Å². The Bertz CT molecular complexity index is 283. The van der Waals surface area contributed by atoms with E-state index in [0.717, 1.165) is 13.1 Å². The van der Waals surface area contributed by atoms with Crippen LogP contribution in [0, 0.1) is 0 Å². The van der Waals surface area contributed by atoms with Crippen LogP contribution in [0.3, 0.4) is 0 Å². The lowest BCUT2D eigenvalue weighted by Gasteiger charge is -2.26. The van der Waals surface area contributed by atoms with Crippen LogP contribution in [0.25, 0.3) is 0 Å². The number of carbonyl (C=O) groups is 1. The van der Waals surface area contributed by atoms with Gasteiger partial charge in [0.05, 0.1) is 7.11 Å². The largest absolute Gasteiger partial charge is 0.466 e. The van der Waals surface area contributed by atoms with Gasteiger partial charge >= 0.3 is 5.97 Å². The van der Waals surface area contributed by atoms with Crippen molar-refractivity contribution in [3.63, 3.8) is 0 Å². The van der Waals surface area contributed by atoms with E-state index < -0.39 is 0 Å². The van der Waals surface area contributed by atoms with Gasteiger partial charge in [-0.25, -0.2) is 4.79 Å². The smallest absolute Gasteiger partial charge is 0.333 e. The van der Waals surface area contributed by atoms with Crippen LogP contribution >= 0.6 is 11.8 Å². The van der Waals surface area contributed by atoms with Gasteiger partial charge in [-0.1, -0.05) is 18.9 Å². The molecule has 98 valence electrons. The molecule has 0 aromatic heterocycles. The van der Waals surface area contributed by atoms with Crippen LogP contribution in [-0.4, -0.2) is 37.2 Å². The third-order valence-corrected chi connectivity index (χ3v) is 4.87. The van der Waals surface area contributed by atoms with E-state index in [0.29, 0.717) is 10.3 Å². The van der Waals surface area contributed by atoms with Crippen molar-refractivity contribution < 1.29 is 9.53 Å². The van der Waals surface area contributed by atoms with E-state index >= 15 is 0 Å². The Labute approximate surface area is 108 Å². The summed E-state index contributed by atoms with van der Waals surface area (Å²) in [6.45, 7) is 3.55. The predicted octanol–water partition coefficient (Wildman–Crippen LogP) is 2.37. The summed E-state index contributed by atoms with van der Waals surface area (Å²) in [5.74, 6) is -0.243. The van der Waals surface area contributed by atoms with Crippen molar-refractivity contribution in [2.45, 2.75) is 37.4 Å². The highest BCUT2D eigenvalue weighted by molar-refractivity contribution is 8.00. The highest BCUT2D eigenvalue weighted by Gasteiger charge is 2.32. The van der Waals surface area contributed by atoms with Crippen LogP contribution in [0.2, 0.25) is 0 Å². The molecule has 1 fully saturated rings. The molecule has 4 heteroatoms. The number of carbonyl (C=O) groups excluding carboxylic acids is 1. The molecule has 0 saturated heterocycles. The molecule has 0 atom stereocenters. The minimum atomic E-state index is -0.243. The second-order valence-corrected chi connectivity index (χ2v) is 5.88. The topological polar surface area (TPSA) is 38.3 Å². The van der Waals surface area contributed by atoms with Crippen LogP contribution < -0.4 is 5.32 Å². The summed E-state index contributed by atoms with van der Waals surface area (Å²) in [5, 5.41) is 3.42. The van der Waals surface area contributed by atoms with Crippen molar-refractivity contribution in [2.24, 2.45) is 0 Å². The zero-order valence-corrected chi connectivity index (χ0v) is 11.9. The van der Waals surface area contributed by atoms with Gasteiger partial charge in [0, 0.05) is 23.4 Å². The summed E-state index contributed by atoms with van der Waals surface area (Å²) in [6.07, 6.45) is 9.40. The summed E-state index contributed by atoms with van der Waals surface area (Å²) < 4.78 is 5.07. The number of esters is 1. The Morgan fingerprint density at radius 1 is 1.47 bits per heavy atom. The number of rotatable bonds is 6. The van der Waals surface area contributed by atoms with Gasteiger partial charge in [0.25, 0.3) is 0 Å². The van der Waals surface area contributed by atoms with E-state index in [1.807, 2.05) is 17.8 Å². The molecule has 0 radical (unpaired) electrons. The first-order valence-electron chi connectivity index (χ1n) is 6.14. The fraction of sp³-hybridized carbons (Fsp3) is 0.769. The SMILES string of the molecule is COC(=O)C(C)=CCNCC1(SC)CCCC1. The summed E-state index contributed by atoms with van der Waals surface area (Å²) in [7, 11) is 1.41. The maximum Gasteiger partial charge on any atom is 0.333 e. The summed E-state index contributed by atoms with van der Waals surface area (Å²) in [4.78, 5) is 11.2. The van der Waals surface area contributed by atoms with Gasteiger partial charge in [-0.3, -0.25) is 0 Å². The van der Waals surface area contributed by atoms with E-state index in [-0.39, 0.29) is 5.97 Å². The molecule has 3 nitrogen and oxygen atoms in total. The first kappa shape index (κ1) is 14.6. The maximum absolute atomic E-state index is 11.2. The van der Waals surface area contributed by atoms with Gasteiger partial charge in [0.1, 0.15) is 0 Å². The first-order valence-corrected chi connectivity index (χ1v) is 7.37. The summed E-state index contributed by atoms with van der Waals surface area (Å²) in [5.41, 5.74) is 0.671. The Hall–Kier alpha value is -0.480. The summed E-state index contributed by atoms with van der Waals surface area (Å²) in [6, 6.07) is 0. The lowest BCUT2D eigenvalue weighted by molar-refractivity contribution is -0.136. The predicted molar refractivity (Wildman–Crippen MR) is 73.4 cm³/mol. The van der Waals surface area contributed by atoms with Gasteiger partial charge < -0.3 is 10.1 Å². The fourth-order valence-electron chi connectivity index (χ4n) is 2.24. The van der Waals surface area contributed by atoms with Gasteiger partial charge in [-0.2, -0.15) is 11.8 Å². The number of methoxy groups -OCH3 is 1. The quantitative estimate of drug-likeness (QED) is 0.450. The zero-order chi connectivity index (χ0) is 12.7. The normalized spacial score (nSPS) is 19.4. The van der Waals surface area contributed by atoms with Crippen LogP contribution in [0.15, 0.2) is 11.6 Å². The molecule has 1 saturated carbocycles. The van der Waals surface area contributed by atoms with Crippen molar-refractivity contribution in [3.05, 3.63) is 11.6 Å². The molecule has 0 spiro atoms. The molecule has 0 amide bonds. The monoisotopic (exact) mass is 257 g/mol. The van der Waals surface area contributed by atoms with E-state index in [9.17, 15) is 4.79 Å². The number of ether oxygens (including phenoxy) is 1. The minimum Gasteiger partial charge on any atom is -0.466 e. The van der Waals surface area contributed by atoms with Gasteiger partial charge in [0.2, 0.25) is 0 Å². The summed E-state index contributed by atoms with van der Waals surface area (Å²) >= 11 is 1.97. The standard InChI is InChI=1S/C13H23NO2S/c1-11(12(15)16-2)6-9-14-10-13(17-3)7-4-5-8-13/h6,14H,4-5,7-10H2,1-3H3. The average molecular weight is 257 g/mol. The molecule has 0 aromatic carbocycles. The molecule has 0 bridgehead atoms. The molecule has 1 rings (SSSR count). The second-order valence-electron chi connectivity index (χ2n) is 4.60. The van der Waals surface area contributed by atoms with Gasteiger partial charge in [0.15, 0.2) is 0 Å². The average Bonchev–Trinajstić information content (AvgIpc) is 2.82. The minimum absolute atomic E-state index is 0.243. The van der Waals surface area contributed by atoms with Gasteiger partial charge in [-0.15, -0.1) is 0 Å². The Morgan fingerprint density at radius 3 is 2.65 bits per heavy atom. The van der Waals surface area contributed by atoms with E-state index in [2.05, 4.69) is 16.3 Å². The molecular formula is C13H23NO2S. The van der Waals surface area contributed by atoms with Crippen molar-refractivity contribution >= 4 is 17.7 Å². The Balaban J connectivity index is 2.30. The van der Waals surface area contributed by atoms with E-state index in [1.165, 1.54) is 32.8 Å². The Morgan fingerprint density at radius 2 is 2.12 bits per heavy atom. The molecule has 1 aliphatic rings. The molecule has 0 aromatic rings. The maximum atomic E-state index is 11.2. The van der Waals surface area contributed by atoms with E-state index in [4.69, 9.17) is 0 Å². The molecule has 1 aliphatic carbocycles. The van der Waals surface area contributed by atoms with Crippen molar-refractivity contribution in [1.82, 2.24) is 5.32 Å². The van der Waals surface area contributed by atoms with Crippen LogP contribution in [0.4, 0.5) is 0 Å². The van der Waals surface area contributed by atoms with Crippen molar-refractivity contribution in [2.75, 3.05) is 26.5 Å². The fourth-order valence-corrected chi connectivity index (χ4v) is 3.19. The molecule has 0 heterocycles. The van der Waals surface area contributed by atoms with Crippen LogP contribution in [-0.2, 0) is 9.53 Å². The molecule has 1 N–H and O–H groups in total. The Kier molecular flexibility index (Phi) is 6.06. The third-order valence-electron chi connectivity index (χ3n) is 3.45. The van der Waals surface area contributed by atoms with Gasteiger partial charge in [-0.05, 0) is 26.0 Å². The highest BCUT2D eigenvalue weighted by Crippen LogP contribution is 2.39. The third kappa shape index (κ3) is 4.36. The molecular weight excluding hydrogens is 234 g/mol. The zero-order valence-electron chi connectivity index (χ0n) is 11.0. The van der Waals surface area contributed by atoms with Crippen LogP contribution in [0.1, 0.15) is 32.6 Å². The molecule has 0 unspecified atom stereocenters. The number of hydrogen-bond acceptors (Lipinski definition) is 4. The van der Waals surface area contributed by atoms with Crippen molar-refractivity contribution in [1.29, 1.82) is 0 Å². The number of nitrogens with one attached hydrogen (secondary N) is 1. The second kappa shape index (κ2) is 7.07. The lowest BCUT2D eigenvalue weighted by Crippen LogP contribution is -2.35. The lowest BCUT2D eigenvalue weighted by atomic mass is 10.1. The van der Waals surface area contributed by atoms with E-state index in [1.54, 1.807) is 6.92 Å².